The fraction of sp³-hybridized carbons (Fsp3) is 0. The van der Waals surface area contributed by atoms with Crippen LogP contribution in [0.2, 0.25) is 0 Å². The van der Waals surface area contributed by atoms with Gasteiger partial charge in [0.25, 0.3) is 20.2 Å². The van der Waals surface area contributed by atoms with Crippen molar-refractivity contribution < 1.29 is 36.2 Å². The van der Waals surface area contributed by atoms with E-state index in [1.807, 2.05) is 0 Å². The second-order valence-corrected chi connectivity index (χ2v) is 13.2. The Kier molecular flexibility index (Phi) is 8.01. The molecule has 0 atom stereocenters. The zero-order chi connectivity index (χ0) is 34.4. The van der Waals surface area contributed by atoms with Crippen molar-refractivity contribution in [2.45, 2.75) is 9.79 Å². The normalized spacial score (nSPS) is 12.5. The summed E-state index contributed by atoms with van der Waals surface area (Å²) in [6, 6.07) is 24.3. The number of phenolic OH excluding ortho intramolecular Hbond substituents is 2. The molecule has 0 amide bonds. The van der Waals surface area contributed by atoms with Crippen molar-refractivity contribution in [2.24, 2.45) is 20.5 Å². The molecule has 0 heterocycles. The van der Waals surface area contributed by atoms with Gasteiger partial charge in [0.05, 0.1) is 22.1 Å². The average molecular weight is 685 g/mol. The highest BCUT2D eigenvalue weighted by molar-refractivity contribution is 7.86. The lowest BCUT2D eigenvalue weighted by Gasteiger charge is -2.10. The van der Waals surface area contributed by atoms with E-state index < -0.39 is 30.0 Å². The second kappa shape index (κ2) is 12.0. The average Bonchev–Trinajstić information content (AvgIpc) is 3.03. The number of fused-ring (bicyclic) bond motifs is 2. The molecule has 6 aromatic carbocycles. The highest BCUT2D eigenvalue weighted by atomic mass is 32.2. The summed E-state index contributed by atoms with van der Waals surface area (Å²) < 4.78 is 66.0. The number of hydrogen-bond donors (Lipinski definition) is 6. The van der Waals surface area contributed by atoms with E-state index in [0.717, 1.165) is 23.3 Å². The summed E-state index contributed by atoms with van der Waals surface area (Å²) in [4.78, 5) is -0.794. The molecule has 0 aliphatic carbocycles. The number of benzene rings is 6. The Bertz CT molecular complexity index is 2360. The molecule has 0 fully saturated rings. The van der Waals surface area contributed by atoms with Crippen LogP contribution in [0.15, 0.2) is 127 Å². The van der Waals surface area contributed by atoms with Crippen molar-refractivity contribution in [2.75, 3.05) is 11.5 Å². The van der Waals surface area contributed by atoms with E-state index in [1.165, 1.54) is 36.4 Å². The number of rotatable bonds is 7. The number of hydrogen-bond acceptors (Lipinski definition) is 12. The van der Waals surface area contributed by atoms with Gasteiger partial charge >= 0.3 is 0 Å². The lowest BCUT2D eigenvalue weighted by Crippen LogP contribution is -2.00. The SMILES string of the molecule is Nc1ccc(S(=O)(=O)O)c2ccc(/N=N/c3ccc(-c4ccc(/N=N/c5ccc6c(S(=O)(=O)O)ccc(N)c6c5O)cc4)cc3)c(O)c12. The first-order valence-electron chi connectivity index (χ1n) is 13.8. The van der Waals surface area contributed by atoms with E-state index in [1.54, 1.807) is 48.5 Å². The summed E-state index contributed by atoms with van der Waals surface area (Å²) in [6.07, 6.45) is 0. The van der Waals surface area contributed by atoms with Crippen LogP contribution in [0.1, 0.15) is 0 Å². The molecule has 14 nitrogen and oxygen atoms in total. The maximum Gasteiger partial charge on any atom is 0.295 e. The number of phenols is 2. The predicted molar refractivity (Wildman–Crippen MR) is 180 cm³/mol. The van der Waals surface area contributed by atoms with Crippen LogP contribution in [0.5, 0.6) is 11.5 Å². The standard InChI is InChI=1S/C32H24N6O8S2/c33-23-11-15-27(47(41,42)43)21-9-13-25(31(39)29(21)23)37-35-19-5-1-17(2-6-19)18-3-7-20(8-4-18)36-38-26-14-10-22-28(48(44,45)46)16-12-24(34)30(22)32(26)40/h1-16,39-40H,33-34H2,(H,41,42,43)(H,44,45,46)/b37-35+,38-36+. The molecular weight excluding hydrogens is 661 g/mol. The number of aromatic hydroxyl groups is 2. The highest BCUT2D eigenvalue weighted by Gasteiger charge is 2.20. The first-order valence-corrected chi connectivity index (χ1v) is 16.7. The van der Waals surface area contributed by atoms with Gasteiger partial charge in [0.2, 0.25) is 0 Å². The van der Waals surface area contributed by atoms with Gasteiger partial charge in [-0.2, -0.15) is 27.1 Å². The van der Waals surface area contributed by atoms with Gasteiger partial charge in [0, 0.05) is 22.1 Å². The molecule has 0 aromatic heterocycles. The second-order valence-electron chi connectivity index (χ2n) is 10.5. The minimum Gasteiger partial charge on any atom is -0.505 e. The van der Waals surface area contributed by atoms with Crippen LogP contribution < -0.4 is 11.5 Å². The van der Waals surface area contributed by atoms with Crippen LogP contribution in [0, 0.1) is 0 Å². The molecule has 8 N–H and O–H groups in total. The van der Waals surface area contributed by atoms with E-state index in [-0.39, 0.29) is 55.8 Å². The monoisotopic (exact) mass is 684 g/mol. The topological polar surface area (TPSA) is 251 Å². The molecule has 0 bridgehead atoms. The summed E-state index contributed by atoms with van der Waals surface area (Å²) >= 11 is 0. The Hall–Kier alpha value is -5.94. The molecule has 0 spiro atoms. The predicted octanol–water partition coefficient (Wildman–Crippen LogP) is 7.56. The minimum absolute atomic E-state index is 0.0212. The minimum atomic E-state index is -4.56. The Labute approximate surface area is 272 Å². The zero-order valence-corrected chi connectivity index (χ0v) is 26.1. The van der Waals surface area contributed by atoms with Gasteiger partial charge in [-0.25, -0.2) is 0 Å². The van der Waals surface area contributed by atoms with Crippen molar-refractivity contribution in [1.29, 1.82) is 0 Å². The van der Waals surface area contributed by atoms with E-state index >= 15 is 0 Å². The van der Waals surface area contributed by atoms with Crippen molar-refractivity contribution >= 4 is 75.9 Å². The largest absolute Gasteiger partial charge is 0.505 e. The van der Waals surface area contributed by atoms with Gasteiger partial charge in [0.15, 0.2) is 11.5 Å². The van der Waals surface area contributed by atoms with E-state index in [4.69, 9.17) is 11.5 Å². The summed E-state index contributed by atoms with van der Waals surface area (Å²) in [5.74, 6) is -0.779. The number of azo groups is 2. The van der Waals surface area contributed by atoms with E-state index in [9.17, 15) is 36.2 Å². The third kappa shape index (κ3) is 6.10. The fourth-order valence-corrected chi connectivity index (χ4v) is 6.48. The maximum atomic E-state index is 11.7. The van der Waals surface area contributed by atoms with Gasteiger partial charge in [-0.3, -0.25) is 9.11 Å². The molecule has 0 aliphatic rings. The molecule has 0 saturated carbocycles. The molecule has 0 saturated heterocycles. The van der Waals surface area contributed by atoms with Gasteiger partial charge in [0.1, 0.15) is 21.2 Å². The summed E-state index contributed by atoms with van der Waals surface area (Å²) in [5.41, 5.74) is 14.8. The van der Waals surface area contributed by atoms with Gasteiger partial charge in [-0.1, -0.05) is 36.4 Å². The lowest BCUT2D eigenvalue weighted by molar-refractivity contribution is 0.480. The highest BCUT2D eigenvalue weighted by Crippen LogP contribution is 2.42. The first kappa shape index (κ1) is 32.0. The number of anilines is 2. The van der Waals surface area contributed by atoms with Crippen molar-refractivity contribution in [1.82, 2.24) is 0 Å². The van der Waals surface area contributed by atoms with Crippen molar-refractivity contribution in [3.05, 3.63) is 97.1 Å². The van der Waals surface area contributed by atoms with E-state index in [0.29, 0.717) is 11.4 Å². The fourth-order valence-electron chi connectivity index (χ4n) is 5.11. The van der Waals surface area contributed by atoms with Gasteiger partial charge in [-0.15, -0.1) is 10.2 Å². The molecule has 242 valence electrons. The molecular formula is C32H24N6O8S2. The maximum absolute atomic E-state index is 11.7. The summed E-state index contributed by atoms with van der Waals surface area (Å²) in [5, 5.41) is 38.1. The Morgan fingerprint density at radius 1 is 0.458 bits per heavy atom. The quantitative estimate of drug-likeness (QED) is 0.0546. The van der Waals surface area contributed by atoms with Crippen molar-refractivity contribution in [3.8, 4) is 22.6 Å². The van der Waals surface area contributed by atoms with Gasteiger partial charge in [-0.05, 0) is 71.8 Å². The number of nitrogen functional groups attached to an aromatic ring is 2. The van der Waals surface area contributed by atoms with Crippen molar-refractivity contribution in [3.63, 3.8) is 0 Å². The summed E-state index contributed by atoms with van der Waals surface area (Å²) in [7, 11) is -9.11. The Balaban J connectivity index is 1.20. The molecule has 6 rings (SSSR count). The molecule has 0 aliphatic heterocycles. The first-order chi connectivity index (χ1) is 22.7. The third-order valence-electron chi connectivity index (χ3n) is 7.42. The zero-order valence-electron chi connectivity index (χ0n) is 24.4. The Morgan fingerprint density at radius 2 is 0.812 bits per heavy atom. The molecule has 6 aromatic rings. The lowest BCUT2D eigenvalue weighted by atomic mass is 10.1. The smallest absolute Gasteiger partial charge is 0.295 e. The van der Waals surface area contributed by atoms with Crippen LogP contribution in [0.3, 0.4) is 0 Å². The molecule has 0 radical (unpaired) electrons. The molecule has 0 unspecified atom stereocenters. The Morgan fingerprint density at radius 3 is 1.15 bits per heavy atom. The van der Waals surface area contributed by atoms with Crippen LogP contribution in [-0.2, 0) is 20.2 Å². The van der Waals surface area contributed by atoms with E-state index in [2.05, 4.69) is 20.5 Å². The van der Waals surface area contributed by atoms with Crippen LogP contribution in [0.25, 0.3) is 32.7 Å². The summed E-state index contributed by atoms with van der Waals surface area (Å²) in [6.45, 7) is 0. The molecule has 48 heavy (non-hydrogen) atoms. The van der Waals surface area contributed by atoms with Crippen LogP contribution >= 0.6 is 0 Å². The molecule has 16 heteroatoms. The number of nitrogens with zero attached hydrogens (tertiary/aromatic N) is 4. The van der Waals surface area contributed by atoms with Crippen LogP contribution in [0.4, 0.5) is 34.1 Å². The third-order valence-corrected chi connectivity index (χ3v) is 9.24. The van der Waals surface area contributed by atoms with Crippen LogP contribution in [-0.4, -0.2) is 36.2 Å². The number of nitrogens with two attached hydrogens (primary N) is 2. The van der Waals surface area contributed by atoms with Gasteiger partial charge < -0.3 is 21.7 Å².